The molecule has 0 atom stereocenters. The van der Waals surface area contributed by atoms with E-state index in [0.717, 1.165) is 11.1 Å². The highest BCUT2D eigenvalue weighted by atomic mass is 32.1. The van der Waals surface area contributed by atoms with Crippen molar-refractivity contribution < 1.29 is 4.39 Å². The summed E-state index contributed by atoms with van der Waals surface area (Å²) in [7, 11) is 0. The van der Waals surface area contributed by atoms with Gasteiger partial charge >= 0.3 is 0 Å². The normalized spacial score (nSPS) is 10.2. The topological polar surface area (TPSA) is 51.8 Å². The minimum absolute atomic E-state index is 0.357. The number of pyridine rings is 1. The summed E-state index contributed by atoms with van der Waals surface area (Å²) >= 11 is 1.31. The molecule has 0 fully saturated rings. The summed E-state index contributed by atoms with van der Waals surface area (Å²) in [5.41, 5.74) is 6.15. The molecule has 3 nitrogen and oxygen atoms in total. The fourth-order valence-corrected chi connectivity index (χ4v) is 1.63. The van der Waals surface area contributed by atoms with Gasteiger partial charge in [-0.3, -0.25) is 4.98 Å². The van der Waals surface area contributed by atoms with Gasteiger partial charge in [-0.2, -0.15) is 0 Å². The molecular formula is C8H6FN3S. The second-order valence-electron chi connectivity index (χ2n) is 2.45. The van der Waals surface area contributed by atoms with E-state index < -0.39 is 0 Å². The molecule has 0 aliphatic carbocycles. The van der Waals surface area contributed by atoms with E-state index in [0.29, 0.717) is 10.7 Å². The lowest BCUT2D eigenvalue weighted by Gasteiger charge is -1.93. The summed E-state index contributed by atoms with van der Waals surface area (Å²) in [6.45, 7) is 0. The van der Waals surface area contributed by atoms with Crippen LogP contribution in [-0.2, 0) is 0 Å². The Morgan fingerprint density at radius 3 is 2.77 bits per heavy atom. The molecule has 0 saturated heterocycles. The third-order valence-electron chi connectivity index (χ3n) is 1.51. The molecule has 13 heavy (non-hydrogen) atoms. The van der Waals surface area contributed by atoms with Crippen LogP contribution in [0.5, 0.6) is 0 Å². The highest BCUT2D eigenvalue weighted by Crippen LogP contribution is 2.26. The van der Waals surface area contributed by atoms with E-state index in [1.54, 1.807) is 12.4 Å². The molecule has 2 N–H and O–H groups in total. The number of anilines is 1. The van der Waals surface area contributed by atoms with Gasteiger partial charge in [0, 0.05) is 18.0 Å². The lowest BCUT2D eigenvalue weighted by Crippen LogP contribution is -1.79. The molecular weight excluding hydrogens is 189 g/mol. The fourth-order valence-electron chi connectivity index (χ4n) is 0.968. The maximum Gasteiger partial charge on any atom is 0.180 e. The molecule has 0 bridgehead atoms. The van der Waals surface area contributed by atoms with Crippen molar-refractivity contribution in [1.29, 1.82) is 0 Å². The van der Waals surface area contributed by atoms with E-state index in [2.05, 4.69) is 9.97 Å². The number of nitrogens with zero attached hydrogens (tertiary/aromatic N) is 2. The molecule has 0 saturated carbocycles. The lowest BCUT2D eigenvalue weighted by atomic mass is 10.2. The first kappa shape index (κ1) is 8.12. The minimum Gasteiger partial charge on any atom is -0.375 e. The van der Waals surface area contributed by atoms with Gasteiger partial charge in [-0.1, -0.05) is 11.3 Å². The summed E-state index contributed by atoms with van der Waals surface area (Å²) in [6.07, 6.45) is 4.35. The standard InChI is InChI=1S/C8H6FN3S/c9-6-1-5(2-11-3-6)7-4-12-8(10)13-7/h1-4H,(H2,10,12). The van der Waals surface area contributed by atoms with Gasteiger partial charge in [-0.05, 0) is 6.07 Å². The van der Waals surface area contributed by atoms with E-state index >= 15 is 0 Å². The average molecular weight is 195 g/mol. The van der Waals surface area contributed by atoms with Crippen LogP contribution in [0.15, 0.2) is 24.7 Å². The van der Waals surface area contributed by atoms with Crippen LogP contribution in [0.1, 0.15) is 0 Å². The number of aromatic nitrogens is 2. The van der Waals surface area contributed by atoms with E-state index in [4.69, 9.17) is 5.73 Å². The first-order valence-electron chi connectivity index (χ1n) is 3.58. The molecule has 0 unspecified atom stereocenters. The van der Waals surface area contributed by atoms with Crippen molar-refractivity contribution in [2.45, 2.75) is 0 Å². The first-order valence-corrected chi connectivity index (χ1v) is 4.39. The minimum atomic E-state index is -0.357. The summed E-state index contributed by atoms with van der Waals surface area (Å²) in [6, 6.07) is 1.40. The Balaban J connectivity index is 2.46. The number of hydrogen-bond acceptors (Lipinski definition) is 4. The quantitative estimate of drug-likeness (QED) is 0.756. The van der Waals surface area contributed by atoms with Crippen molar-refractivity contribution in [2.75, 3.05) is 5.73 Å². The van der Waals surface area contributed by atoms with E-state index in [9.17, 15) is 4.39 Å². The van der Waals surface area contributed by atoms with Crippen LogP contribution in [0.2, 0.25) is 0 Å². The average Bonchev–Trinajstić information content (AvgIpc) is 2.52. The van der Waals surface area contributed by atoms with Crippen LogP contribution in [-0.4, -0.2) is 9.97 Å². The molecule has 2 aromatic heterocycles. The highest BCUT2D eigenvalue weighted by molar-refractivity contribution is 7.18. The van der Waals surface area contributed by atoms with Crippen molar-refractivity contribution in [2.24, 2.45) is 0 Å². The largest absolute Gasteiger partial charge is 0.375 e. The monoisotopic (exact) mass is 195 g/mol. The molecule has 2 heterocycles. The molecule has 0 aliphatic heterocycles. The Morgan fingerprint density at radius 2 is 2.15 bits per heavy atom. The van der Waals surface area contributed by atoms with Crippen LogP contribution in [0.4, 0.5) is 9.52 Å². The number of halogens is 1. The van der Waals surface area contributed by atoms with Gasteiger partial charge in [0.2, 0.25) is 0 Å². The SMILES string of the molecule is Nc1ncc(-c2cncc(F)c2)s1. The van der Waals surface area contributed by atoms with Crippen molar-refractivity contribution in [3.8, 4) is 10.4 Å². The van der Waals surface area contributed by atoms with Crippen LogP contribution >= 0.6 is 11.3 Å². The molecule has 0 spiro atoms. The molecule has 5 heteroatoms. The number of rotatable bonds is 1. The van der Waals surface area contributed by atoms with Gasteiger partial charge in [0.05, 0.1) is 11.1 Å². The molecule has 2 rings (SSSR count). The van der Waals surface area contributed by atoms with Gasteiger partial charge in [0.1, 0.15) is 5.82 Å². The number of thiazole rings is 1. The zero-order valence-electron chi connectivity index (χ0n) is 6.57. The zero-order valence-corrected chi connectivity index (χ0v) is 7.38. The predicted octanol–water partition coefficient (Wildman–Crippen LogP) is 1.93. The second-order valence-corrected chi connectivity index (χ2v) is 3.52. The fraction of sp³-hybridized carbons (Fsp3) is 0. The van der Waals surface area contributed by atoms with Gasteiger partial charge in [0.15, 0.2) is 5.13 Å². The van der Waals surface area contributed by atoms with E-state index in [-0.39, 0.29) is 5.82 Å². The third kappa shape index (κ3) is 1.65. The summed E-state index contributed by atoms with van der Waals surface area (Å²) in [5, 5.41) is 0.472. The number of hydrogen-bond donors (Lipinski definition) is 1. The van der Waals surface area contributed by atoms with E-state index in [1.165, 1.54) is 17.4 Å². The maximum atomic E-state index is 12.8. The van der Waals surface area contributed by atoms with Gasteiger partial charge in [-0.15, -0.1) is 0 Å². The van der Waals surface area contributed by atoms with Crippen molar-refractivity contribution in [3.05, 3.63) is 30.5 Å². The molecule has 0 aromatic carbocycles. The Labute approximate surface area is 78.1 Å². The van der Waals surface area contributed by atoms with Crippen LogP contribution < -0.4 is 5.73 Å². The van der Waals surface area contributed by atoms with Gasteiger partial charge in [-0.25, -0.2) is 9.37 Å². The van der Waals surface area contributed by atoms with Crippen molar-refractivity contribution in [1.82, 2.24) is 9.97 Å². The Morgan fingerprint density at radius 1 is 1.31 bits per heavy atom. The van der Waals surface area contributed by atoms with Gasteiger partial charge in [0.25, 0.3) is 0 Å². The van der Waals surface area contributed by atoms with Crippen molar-refractivity contribution >= 4 is 16.5 Å². The predicted molar refractivity (Wildman–Crippen MR) is 49.7 cm³/mol. The van der Waals surface area contributed by atoms with Crippen LogP contribution in [0.3, 0.4) is 0 Å². The van der Waals surface area contributed by atoms with Gasteiger partial charge < -0.3 is 5.73 Å². The first-order chi connectivity index (χ1) is 6.25. The Hall–Kier alpha value is -1.49. The summed E-state index contributed by atoms with van der Waals surface area (Å²) in [4.78, 5) is 8.43. The molecule has 0 amide bonds. The lowest BCUT2D eigenvalue weighted by molar-refractivity contribution is 0.622. The van der Waals surface area contributed by atoms with Crippen LogP contribution in [0, 0.1) is 5.82 Å². The molecule has 66 valence electrons. The Kier molecular flexibility index (Phi) is 1.94. The molecule has 2 aromatic rings. The van der Waals surface area contributed by atoms with E-state index in [1.807, 2.05) is 0 Å². The Bertz CT molecular complexity index is 427. The van der Waals surface area contributed by atoms with Crippen LogP contribution in [0.25, 0.3) is 10.4 Å². The molecule has 0 radical (unpaired) electrons. The maximum absolute atomic E-state index is 12.8. The van der Waals surface area contributed by atoms with Crippen molar-refractivity contribution in [3.63, 3.8) is 0 Å². The highest BCUT2D eigenvalue weighted by Gasteiger charge is 2.03. The molecule has 0 aliphatic rings. The third-order valence-corrected chi connectivity index (χ3v) is 2.39. The summed E-state index contributed by atoms with van der Waals surface area (Å²) < 4.78 is 12.8. The zero-order chi connectivity index (χ0) is 9.26. The number of nitrogen functional groups attached to an aromatic ring is 1. The summed E-state index contributed by atoms with van der Waals surface area (Å²) in [5.74, 6) is -0.357. The second kappa shape index (κ2) is 3.10. The number of nitrogens with two attached hydrogens (primary N) is 1. The smallest absolute Gasteiger partial charge is 0.180 e.